The topological polar surface area (TPSA) is 80.3 Å². The molecule has 0 aliphatic heterocycles. The molecule has 0 atom stereocenters. The molecule has 0 aliphatic rings. The Hall–Kier alpha value is -2.27. The molecule has 0 aliphatic carbocycles. The predicted molar refractivity (Wildman–Crippen MR) is 73.9 cm³/mol. The van der Waals surface area contributed by atoms with Gasteiger partial charge in [0.25, 0.3) is 5.91 Å². The number of amides is 1. The normalized spacial score (nSPS) is 10.2. The van der Waals surface area contributed by atoms with Crippen molar-refractivity contribution in [3.05, 3.63) is 54.0 Å². The van der Waals surface area contributed by atoms with Crippen LogP contribution in [0.1, 0.15) is 16.3 Å². The van der Waals surface area contributed by atoms with Crippen molar-refractivity contribution in [3.8, 4) is 0 Å². The maximum absolute atomic E-state index is 11.7. The molecule has 1 heterocycles. The average Bonchev–Trinajstić information content (AvgIpc) is 2.93. The van der Waals surface area contributed by atoms with Crippen molar-refractivity contribution < 1.29 is 9.21 Å². The van der Waals surface area contributed by atoms with E-state index in [-0.39, 0.29) is 5.91 Å². The number of hydrogen-bond donors (Lipinski definition) is 3. The van der Waals surface area contributed by atoms with Crippen LogP contribution in [-0.2, 0) is 6.54 Å². The van der Waals surface area contributed by atoms with Gasteiger partial charge in [-0.05, 0) is 24.3 Å². The average molecular weight is 259 g/mol. The first-order chi connectivity index (χ1) is 9.29. The molecule has 0 radical (unpaired) electrons. The van der Waals surface area contributed by atoms with Crippen LogP contribution in [0, 0.1) is 0 Å². The summed E-state index contributed by atoms with van der Waals surface area (Å²) in [6.45, 7) is 1.47. The SMILES string of the molecule is NCc1ccc(C(=O)NCCNc2ccccc2)o1. The molecule has 0 saturated carbocycles. The second-order valence-electron chi connectivity index (χ2n) is 4.02. The fraction of sp³-hybridized carbons (Fsp3) is 0.214. The van der Waals surface area contributed by atoms with E-state index in [1.54, 1.807) is 12.1 Å². The minimum atomic E-state index is -0.227. The fourth-order valence-corrected chi connectivity index (χ4v) is 1.64. The van der Waals surface area contributed by atoms with Gasteiger partial charge in [0, 0.05) is 18.8 Å². The van der Waals surface area contributed by atoms with Crippen LogP contribution in [0.4, 0.5) is 5.69 Å². The van der Waals surface area contributed by atoms with Gasteiger partial charge < -0.3 is 20.8 Å². The summed E-state index contributed by atoms with van der Waals surface area (Å²) in [6.07, 6.45) is 0. The summed E-state index contributed by atoms with van der Waals surface area (Å²) in [5.74, 6) is 0.669. The molecule has 1 aromatic carbocycles. The quantitative estimate of drug-likeness (QED) is 0.688. The Labute approximate surface area is 111 Å². The first kappa shape index (κ1) is 13.2. The van der Waals surface area contributed by atoms with E-state index in [0.29, 0.717) is 31.2 Å². The van der Waals surface area contributed by atoms with Crippen LogP contribution in [0.15, 0.2) is 46.9 Å². The molecule has 19 heavy (non-hydrogen) atoms. The fourth-order valence-electron chi connectivity index (χ4n) is 1.64. The van der Waals surface area contributed by atoms with E-state index in [1.165, 1.54) is 0 Å². The van der Waals surface area contributed by atoms with E-state index >= 15 is 0 Å². The Morgan fingerprint density at radius 1 is 1.11 bits per heavy atom. The zero-order chi connectivity index (χ0) is 13.5. The van der Waals surface area contributed by atoms with Gasteiger partial charge in [-0.3, -0.25) is 4.79 Å². The second kappa shape index (κ2) is 6.61. The highest BCUT2D eigenvalue weighted by atomic mass is 16.4. The molecule has 5 heteroatoms. The van der Waals surface area contributed by atoms with Crippen LogP contribution in [0.5, 0.6) is 0 Å². The number of hydrogen-bond acceptors (Lipinski definition) is 4. The van der Waals surface area contributed by atoms with Crippen molar-refractivity contribution in [3.63, 3.8) is 0 Å². The summed E-state index contributed by atoms with van der Waals surface area (Å²) in [7, 11) is 0. The number of furan rings is 1. The van der Waals surface area contributed by atoms with Gasteiger partial charge in [-0.2, -0.15) is 0 Å². The highest BCUT2D eigenvalue weighted by Crippen LogP contribution is 2.06. The highest BCUT2D eigenvalue weighted by Gasteiger charge is 2.09. The van der Waals surface area contributed by atoms with Gasteiger partial charge in [0.1, 0.15) is 5.76 Å². The van der Waals surface area contributed by atoms with Gasteiger partial charge in [-0.25, -0.2) is 0 Å². The Kier molecular flexibility index (Phi) is 4.58. The predicted octanol–water partition coefficient (Wildman–Crippen LogP) is 1.58. The lowest BCUT2D eigenvalue weighted by atomic mass is 10.3. The van der Waals surface area contributed by atoms with Gasteiger partial charge in [0.2, 0.25) is 0 Å². The lowest BCUT2D eigenvalue weighted by molar-refractivity contribution is 0.0926. The van der Waals surface area contributed by atoms with Crippen molar-refractivity contribution in [1.29, 1.82) is 0 Å². The van der Waals surface area contributed by atoms with E-state index in [0.717, 1.165) is 5.69 Å². The largest absolute Gasteiger partial charge is 0.455 e. The molecule has 5 nitrogen and oxygen atoms in total. The van der Waals surface area contributed by atoms with E-state index in [9.17, 15) is 4.79 Å². The maximum atomic E-state index is 11.7. The molecule has 0 saturated heterocycles. The number of carbonyl (C=O) groups excluding carboxylic acids is 1. The highest BCUT2D eigenvalue weighted by molar-refractivity contribution is 5.91. The smallest absolute Gasteiger partial charge is 0.287 e. The number of para-hydroxylation sites is 1. The Bertz CT molecular complexity index is 522. The standard InChI is InChI=1S/C14H17N3O2/c15-10-12-6-7-13(19-12)14(18)17-9-8-16-11-4-2-1-3-5-11/h1-7,16H,8-10,15H2,(H,17,18). The monoisotopic (exact) mass is 259 g/mol. The van der Waals surface area contributed by atoms with Crippen molar-refractivity contribution >= 4 is 11.6 Å². The minimum Gasteiger partial charge on any atom is -0.455 e. The van der Waals surface area contributed by atoms with Gasteiger partial charge in [-0.15, -0.1) is 0 Å². The Morgan fingerprint density at radius 3 is 2.58 bits per heavy atom. The Balaban J connectivity index is 1.72. The lowest BCUT2D eigenvalue weighted by Crippen LogP contribution is -2.28. The molecule has 100 valence electrons. The number of nitrogens with one attached hydrogen (secondary N) is 2. The molecule has 0 bridgehead atoms. The molecule has 2 aromatic rings. The summed E-state index contributed by atoms with van der Waals surface area (Å²) in [5, 5.41) is 5.97. The van der Waals surface area contributed by atoms with E-state index in [1.807, 2.05) is 30.3 Å². The molecule has 0 spiro atoms. The molecular formula is C14H17N3O2. The number of carbonyl (C=O) groups is 1. The summed E-state index contributed by atoms with van der Waals surface area (Å²) in [4.78, 5) is 11.7. The third-order valence-electron chi connectivity index (χ3n) is 2.60. The summed E-state index contributed by atoms with van der Waals surface area (Å²) >= 11 is 0. The maximum Gasteiger partial charge on any atom is 0.287 e. The first-order valence-corrected chi connectivity index (χ1v) is 6.15. The molecule has 1 amide bonds. The van der Waals surface area contributed by atoms with Crippen LogP contribution in [0.2, 0.25) is 0 Å². The number of anilines is 1. The minimum absolute atomic E-state index is 0.227. The molecule has 0 fully saturated rings. The lowest BCUT2D eigenvalue weighted by Gasteiger charge is -2.06. The first-order valence-electron chi connectivity index (χ1n) is 6.15. The van der Waals surface area contributed by atoms with Crippen molar-refractivity contribution in [2.75, 3.05) is 18.4 Å². The molecule has 0 unspecified atom stereocenters. The zero-order valence-corrected chi connectivity index (χ0v) is 10.6. The van der Waals surface area contributed by atoms with Crippen LogP contribution in [0.3, 0.4) is 0 Å². The van der Waals surface area contributed by atoms with Crippen LogP contribution in [-0.4, -0.2) is 19.0 Å². The third kappa shape index (κ3) is 3.86. The summed E-state index contributed by atoms with van der Waals surface area (Å²) in [5.41, 5.74) is 6.44. The van der Waals surface area contributed by atoms with Gasteiger partial charge in [0.05, 0.1) is 6.54 Å². The van der Waals surface area contributed by atoms with Crippen LogP contribution in [0.25, 0.3) is 0 Å². The van der Waals surface area contributed by atoms with Gasteiger partial charge in [-0.1, -0.05) is 18.2 Å². The van der Waals surface area contributed by atoms with Crippen molar-refractivity contribution in [2.45, 2.75) is 6.54 Å². The summed E-state index contributed by atoms with van der Waals surface area (Å²) < 4.78 is 5.25. The molecule has 1 aromatic heterocycles. The van der Waals surface area contributed by atoms with E-state index < -0.39 is 0 Å². The zero-order valence-electron chi connectivity index (χ0n) is 10.6. The third-order valence-corrected chi connectivity index (χ3v) is 2.60. The van der Waals surface area contributed by atoms with Crippen molar-refractivity contribution in [2.24, 2.45) is 5.73 Å². The number of nitrogens with two attached hydrogens (primary N) is 1. The molecule has 2 rings (SSSR count). The van der Waals surface area contributed by atoms with Crippen LogP contribution >= 0.6 is 0 Å². The van der Waals surface area contributed by atoms with E-state index in [4.69, 9.17) is 10.2 Å². The Morgan fingerprint density at radius 2 is 1.89 bits per heavy atom. The second-order valence-corrected chi connectivity index (χ2v) is 4.02. The van der Waals surface area contributed by atoms with Gasteiger partial charge in [0.15, 0.2) is 5.76 Å². The molecular weight excluding hydrogens is 242 g/mol. The van der Waals surface area contributed by atoms with Crippen molar-refractivity contribution in [1.82, 2.24) is 5.32 Å². The van der Waals surface area contributed by atoms with Crippen LogP contribution < -0.4 is 16.4 Å². The summed E-state index contributed by atoms with van der Waals surface area (Å²) in [6, 6.07) is 13.2. The van der Waals surface area contributed by atoms with Gasteiger partial charge >= 0.3 is 0 Å². The number of benzene rings is 1. The molecule has 4 N–H and O–H groups in total. The number of rotatable bonds is 6. The van der Waals surface area contributed by atoms with E-state index in [2.05, 4.69) is 10.6 Å².